The van der Waals surface area contributed by atoms with Crippen molar-refractivity contribution in [2.75, 3.05) is 10.6 Å². The number of furan rings is 1. The zero-order chi connectivity index (χ0) is 13.0. The number of carbonyl (C=O) groups excluding carboxylic acids is 1. The lowest BCUT2D eigenvalue weighted by Gasteiger charge is -2.06. The minimum absolute atomic E-state index is 0.197. The Labute approximate surface area is 109 Å². The Balaban J connectivity index is 2.02. The van der Waals surface area contributed by atoms with E-state index in [1.807, 2.05) is 0 Å². The molecule has 1 aromatic carbocycles. The molecule has 0 aliphatic heterocycles. The van der Waals surface area contributed by atoms with Crippen LogP contribution in [0.1, 0.15) is 10.6 Å². The molecule has 1 amide bonds. The van der Waals surface area contributed by atoms with E-state index < -0.39 is 0 Å². The quantitative estimate of drug-likeness (QED) is 0.738. The molecule has 0 fully saturated rings. The van der Waals surface area contributed by atoms with Crippen molar-refractivity contribution >= 4 is 34.6 Å². The number of nitrogens with two attached hydrogens (primary N) is 1. The number of hydrogen-bond donors (Lipinski definition) is 3. The van der Waals surface area contributed by atoms with Crippen LogP contribution in [0.25, 0.3) is 0 Å². The van der Waals surface area contributed by atoms with E-state index in [9.17, 15) is 4.79 Å². The van der Waals surface area contributed by atoms with Gasteiger partial charge in [-0.15, -0.1) is 0 Å². The van der Waals surface area contributed by atoms with Crippen LogP contribution in [-0.4, -0.2) is 11.0 Å². The van der Waals surface area contributed by atoms with Gasteiger partial charge in [-0.2, -0.15) is 0 Å². The van der Waals surface area contributed by atoms with Crippen LogP contribution in [0.5, 0.6) is 0 Å². The maximum atomic E-state index is 11.7. The summed E-state index contributed by atoms with van der Waals surface area (Å²) in [6, 6.07) is 10.2. The van der Waals surface area contributed by atoms with Crippen molar-refractivity contribution in [3.05, 3.63) is 48.4 Å². The van der Waals surface area contributed by atoms with Gasteiger partial charge in [0.1, 0.15) is 0 Å². The van der Waals surface area contributed by atoms with E-state index in [1.165, 1.54) is 6.26 Å². The molecule has 0 spiro atoms. The van der Waals surface area contributed by atoms with Gasteiger partial charge >= 0.3 is 0 Å². The van der Waals surface area contributed by atoms with Crippen LogP contribution < -0.4 is 16.4 Å². The van der Waals surface area contributed by atoms with Gasteiger partial charge in [0.2, 0.25) is 0 Å². The van der Waals surface area contributed by atoms with Gasteiger partial charge in [-0.1, -0.05) is 0 Å². The zero-order valence-electron chi connectivity index (χ0n) is 9.34. The van der Waals surface area contributed by atoms with Crippen LogP contribution in [-0.2, 0) is 0 Å². The van der Waals surface area contributed by atoms with E-state index in [0.717, 1.165) is 5.69 Å². The summed E-state index contributed by atoms with van der Waals surface area (Å²) in [7, 11) is 0. The lowest BCUT2D eigenvalue weighted by Crippen LogP contribution is -2.18. The lowest BCUT2D eigenvalue weighted by atomic mass is 10.2. The highest BCUT2D eigenvalue weighted by Crippen LogP contribution is 2.14. The summed E-state index contributed by atoms with van der Waals surface area (Å²) in [4.78, 5) is 11.7. The van der Waals surface area contributed by atoms with Gasteiger partial charge in [-0.3, -0.25) is 4.79 Å². The third-order valence-corrected chi connectivity index (χ3v) is 2.26. The van der Waals surface area contributed by atoms with Gasteiger partial charge in [0, 0.05) is 11.4 Å². The first-order valence-corrected chi connectivity index (χ1v) is 5.57. The minimum atomic E-state index is -0.296. The molecule has 0 unspecified atom stereocenters. The molecule has 1 heterocycles. The van der Waals surface area contributed by atoms with Crippen LogP contribution in [0.4, 0.5) is 11.4 Å². The molecule has 4 N–H and O–H groups in total. The van der Waals surface area contributed by atoms with Crippen molar-refractivity contribution in [3.8, 4) is 0 Å². The van der Waals surface area contributed by atoms with E-state index in [4.69, 9.17) is 22.4 Å². The Morgan fingerprint density at radius 3 is 2.22 bits per heavy atom. The average molecular weight is 261 g/mol. The largest absolute Gasteiger partial charge is 0.459 e. The number of rotatable bonds is 3. The number of nitrogens with one attached hydrogen (secondary N) is 2. The second-order valence-electron chi connectivity index (χ2n) is 3.50. The number of carbonyl (C=O) groups is 1. The predicted octanol–water partition coefficient (Wildman–Crippen LogP) is 2.19. The SMILES string of the molecule is NC(=S)Nc1ccc(NC(=O)c2ccco2)cc1. The van der Waals surface area contributed by atoms with Crippen LogP contribution in [0.3, 0.4) is 0 Å². The highest BCUT2D eigenvalue weighted by Gasteiger charge is 2.08. The summed E-state index contributed by atoms with van der Waals surface area (Å²) in [5.74, 6) is -0.0320. The zero-order valence-corrected chi connectivity index (χ0v) is 10.2. The van der Waals surface area contributed by atoms with E-state index in [-0.39, 0.29) is 16.8 Å². The summed E-state index contributed by atoms with van der Waals surface area (Å²) in [6.07, 6.45) is 1.45. The van der Waals surface area contributed by atoms with Crippen LogP contribution in [0, 0.1) is 0 Å². The van der Waals surface area contributed by atoms with Crippen molar-refractivity contribution < 1.29 is 9.21 Å². The molecule has 18 heavy (non-hydrogen) atoms. The fourth-order valence-electron chi connectivity index (χ4n) is 1.38. The predicted molar refractivity (Wildman–Crippen MR) is 73.5 cm³/mol. The van der Waals surface area contributed by atoms with E-state index >= 15 is 0 Å². The fourth-order valence-corrected chi connectivity index (χ4v) is 1.50. The van der Waals surface area contributed by atoms with Gasteiger partial charge in [-0.25, -0.2) is 0 Å². The Morgan fingerprint density at radius 2 is 1.72 bits per heavy atom. The van der Waals surface area contributed by atoms with Crippen molar-refractivity contribution in [1.29, 1.82) is 0 Å². The number of hydrogen-bond acceptors (Lipinski definition) is 3. The van der Waals surface area contributed by atoms with Gasteiger partial charge < -0.3 is 20.8 Å². The summed E-state index contributed by atoms with van der Waals surface area (Å²) in [6.45, 7) is 0. The van der Waals surface area contributed by atoms with Crippen LogP contribution >= 0.6 is 12.2 Å². The number of anilines is 2. The topological polar surface area (TPSA) is 80.3 Å². The Bertz CT molecular complexity index is 549. The Kier molecular flexibility index (Phi) is 3.59. The van der Waals surface area contributed by atoms with Gasteiger partial charge in [0.05, 0.1) is 6.26 Å². The standard InChI is InChI=1S/C12H11N3O2S/c13-12(18)15-9-5-3-8(4-6-9)14-11(16)10-2-1-7-17-10/h1-7H,(H,14,16)(H3,13,15,18). The molecule has 6 heteroatoms. The van der Waals surface area contributed by atoms with E-state index in [0.29, 0.717) is 5.69 Å². The molecule has 0 saturated carbocycles. The maximum Gasteiger partial charge on any atom is 0.291 e. The molecule has 1 aromatic heterocycles. The molecule has 2 aromatic rings. The smallest absolute Gasteiger partial charge is 0.291 e. The molecule has 0 atom stereocenters. The van der Waals surface area contributed by atoms with Crippen LogP contribution in [0.2, 0.25) is 0 Å². The highest BCUT2D eigenvalue weighted by molar-refractivity contribution is 7.80. The maximum absolute atomic E-state index is 11.7. The summed E-state index contributed by atoms with van der Waals surface area (Å²) >= 11 is 4.72. The molecule has 0 aliphatic rings. The van der Waals surface area contributed by atoms with Crippen LogP contribution in [0.15, 0.2) is 47.1 Å². The molecule has 0 radical (unpaired) electrons. The summed E-state index contributed by atoms with van der Waals surface area (Å²) in [5, 5.41) is 5.69. The number of thiocarbonyl (C=S) groups is 1. The molecular formula is C12H11N3O2S. The van der Waals surface area contributed by atoms with Crippen molar-refractivity contribution in [2.24, 2.45) is 5.73 Å². The third-order valence-electron chi connectivity index (χ3n) is 2.16. The number of benzene rings is 1. The Hall–Kier alpha value is -2.34. The molecule has 0 aliphatic carbocycles. The fraction of sp³-hybridized carbons (Fsp3) is 0. The average Bonchev–Trinajstić information content (AvgIpc) is 2.84. The first-order valence-electron chi connectivity index (χ1n) is 5.16. The second kappa shape index (κ2) is 5.33. The molecule has 5 nitrogen and oxygen atoms in total. The number of amides is 1. The van der Waals surface area contributed by atoms with Gasteiger partial charge in [-0.05, 0) is 48.6 Å². The summed E-state index contributed by atoms with van der Waals surface area (Å²) in [5.41, 5.74) is 6.77. The van der Waals surface area contributed by atoms with Gasteiger partial charge in [0.15, 0.2) is 10.9 Å². The molecular weight excluding hydrogens is 250 g/mol. The lowest BCUT2D eigenvalue weighted by molar-refractivity contribution is 0.0996. The van der Waals surface area contributed by atoms with Crippen molar-refractivity contribution in [3.63, 3.8) is 0 Å². The first kappa shape index (κ1) is 12.1. The van der Waals surface area contributed by atoms with Crippen molar-refractivity contribution in [1.82, 2.24) is 0 Å². The van der Waals surface area contributed by atoms with E-state index in [2.05, 4.69) is 10.6 Å². The van der Waals surface area contributed by atoms with E-state index in [1.54, 1.807) is 36.4 Å². The molecule has 92 valence electrons. The molecule has 0 bridgehead atoms. The monoisotopic (exact) mass is 261 g/mol. The normalized spacial score (nSPS) is 9.78. The molecule has 0 saturated heterocycles. The van der Waals surface area contributed by atoms with Crippen molar-refractivity contribution in [2.45, 2.75) is 0 Å². The molecule has 2 rings (SSSR count). The third kappa shape index (κ3) is 3.08. The Morgan fingerprint density at radius 1 is 1.11 bits per heavy atom. The second-order valence-corrected chi connectivity index (χ2v) is 3.94. The minimum Gasteiger partial charge on any atom is -0.459 e. The highest BCUT2D eigenvalue weighted by atomic mass is 32.1. The first-order chi connectivity index (χ1) is 8.65. The van der Waals surface area contributed by atoms with Gasteiger partial charge in [0.25, 0.3) is 5.91 Å². The summed E-state index contributed by atoms with van der Waals surface area (Å²) < 4.78 is 4.99.